The fourth-order valence-corrected chi connectivity index (χ4v) is 1.99. The first-order valence-electron chi connectivity index (χ1n) is 5.20. The quantitative estimate of drug-likeness (QED) is 0.910. The van der Waals surface area contributed by atoms with E-state index < -0.39 is 17.1 Å². The lowest BCUT2D eigenvalue weighted by Gasteiger charge is -2.11. The Morgan fingerprint density at radius 2 is 1.95 bits per heavy atom. The molecule has 0 saturated heterocycles. The summed E-state index contributed by atoms with van der Waals surface area (Å²) in [5, 5.41) is 12.6. The van der Waals surface area contributed by atoms with Crippen LogP contribution in [0.2, 0.25) is 5.02 Å². The van der Waals surface area contributed by atoms with Crippen LogP contribution in [0, 0.1) is 6.92 Å². The van der Waals surface area contributed by atoms with Gasteiger partial charge in [-0.15, -0.1) is 0 Å². The molecule has 0 spiro atoms. The number of hydrogen-bond donors (Lipinski definition) is 1. The molecule has 2 rings (SSSR count). The summed E-state index contributed by atoms with van der Waals surface area (Å²) in [6, 6.07) is 7.03. The molecule has 7 heteroatoms. The third-order valence-electron chi connectivity index (χ3n) is 2.52. The van der Waals surface area contributed by atoms with Crippen LogP contribution >= 0.6 is 27.5 Å². The molecule has 98 valence electrons. The van der Waals surface area contributed by atoms with Crippen molar-refractivity contribution < 1.29 is 9.90 Å². The predicted molar refractivity (Wildman–Crippen MR) is 74.2 cm³/mol. The molecule has 1 N–H and O–H groups in total. The van der Waals surface area contributed by atoms with Gasteiger partial charge in [-0.3, -0.25) is 4.79 Å². The van der Waals surface area contributed by atoms with E-state index in [1.54, 1.807) is 31.2 Å². The number of aromatic nitrogens is 2. The molecule has 0 saturated carbocycles. The van der Waals surface area contributed by atoms with Gasteiger partial charge in [-0.05, 0) is 31.2 Å². The highest BCUT2D eigenvalue weighted by atomic mass is 79.9. The van der Waals surface area contributed by atoms with Gasteiger partial charge in [0.15, 0.2) is 0 Å². The number of aromatic carboxylic acids is 1. The van der Waals surface area contributed by atoms with E-state index >= 15 is 0 Å². The zero-order chi connectivity index (χ0) is 14.2. The smallest absolute Gasteiger partial charge is 0.360 e. The minimum atomic E-state index is -1.40. The Morgan fingerprint density at radius 1 is 1.37 bits per heavy atom. The fourth-order valence-electron chi connectivity index (χ4n) is 1.56. The lowest BCUT2D eigenvalue weighted by atomic mass is 10.3. The zero-order valence-electron chi connectivity index (χ0n) is 9.72. The Balaban J connectivity index is 2.74. The summed E-state index contributed by atoms with van der Waals surface area (Å²) >= 11 is 9.17. The lowest BCUT2D eigenvalue weighted by Crippen LogP contribution is -2.24. The van der Waals surface area contributed by atoms with Crippen molar-refractivity contribution >= 4 is 33.5 Å². The van der Waals surface area contributed by atoms with Crippen LogP contribution in [-0.4, -0.2) is 20.9 Å². The maximum absolute atomic E-state index is 11.7. The largest absolute Gasteiger partial charge is 0.476 e. The average molecular weight is 344 g/mol. The topological polar surface area (TPSA) is 72.2 Å². The van der Waals surface area contributed by atoms with E-state index in [0.717, 1.165) is 4.47 Å². The molecule has 0 radical (unpaired) electrons. The van der Waals surface area contributed by atoms with Crippen LogP contribution in [0.4, 0.5) is 0 Å². The van der Waals surface area contributed by atoms with Gasteiger partial charge in [0.05, 0.1) is 11.4 Å². The predicted octanol–water partition coefficient (Wildman–Crippen LogP) is 2.66. The van der Waals surface area contributed by atoms with Gasteiger partial charge in [0.1, 0.15) is 5.02 Å². The van der Waals surface area contributed by atoms with E-state index in [0.29, 0.717) is 11.4 Å². The van der Waals surface area contributed by atoms with Gasteiger partial charge < -0.3 is 5.11 Å². The van der Waals surface area contributed by atoms with Gasteiger partial charge in [0, 0.05) is 4.47 Å². The highest BCUT2D eigenvalue weighted by Gasteiger charge is 2.18. The molecule has 0 aliphatic heterocycles. The van der Waals surface area contributed by atoms with Gasteiger partial charge in [0.25, 0.3) is 0 Å². The van der Waals surface area contributed by atoms with E-state index in [4.69, 9.17) is 16.7 Å². The van der Waals surface area contributed by atoms with Gasteiger partial charge in [-0.1, -0.05) is 27.5 Å². The van der Waals surface area contributed by atoms with Crippen molar-refractivity contribution in [2.75, 3.05) is 0 Å². The van der Waals surface area contributed by atoms with E-state index in [1.807, 2.05) is 0 Å². The van der Waals surface area contributed by atoms with E-state index in [1.165, 1.54) is 4.68 Å². The first-order chi connectivity index (χ1) is 8.91. The zero-order valence-corrected chi connectivity index (χ0v) is 12.1. The van der Waals surface area contributed by atoms with Crippen molar-refractivity contribution in [2.24, 2.45) is 0 Å². The second kappa shape index (κ2) is 5.14. The minimum Gasteiger partial charge on any atom is -0.476 e. The van der Waals surface area contributed by atoms with Crippen LogP contribution in [0.5, 0.6) is 0 Å². The molecule has 2 aromatic rings. The SMILES string of the molecule is Cc1c(Cl)c(=O)c(C(=O)O)nn1-c1ccc(Br)cc1. The summed E-state index contributed by atoms with van der Waals surface area (Å²) < 4.78 is 2.21. The van der Waals surface area contributed by atoms with Crippen molar-refractivity contribution in [3.8, 4) is 5.69 Å². The highest BCUT2D eigenvalue weighted by molar-refractivity contribution is 9.10. The lowest BCUT2D eigenvalue weighted by molar-refractivity contribution is 0.0686. The molecule has 1 aromatic carbocycles. The fraction of sp³-hybridized carbons (Fsp3) is 0.0833. The minimum absolute atomic E-state index is 0.143. The average Bonchev–Trinajstić information content (AvgIpc) is 2.37. The van der Waals surface area contributed by atoms with E-state index in [2.05, 4.69) is 21.0 Å². The van der Waals surface area contributed by atoms with Crippen LogP contribution in [0.15, 0.2) is 33.5 Å². The normalized spacial score (nSPS) is 10.5. The second-order valence-corrected chi connectivity index (χ2v) is 5.06. The Kier molecular flexibility index (Phi) is 3.73. The maximum Gasteiger partial charge on any atom is 0.360 e. The first kappa shape index (κ1) is 13.8. The molecular weight excluding hydrogens is 336 g/mol. The molecule has 0 aliphatic rings. The molecule has 0 amide bonds. The number of rotatable bonds is 2. The highest BCUT2D eigenvalue weighted by Crippen LogP contribution is 2.17. The summed E-state index contributed by atoms with van der Waals surface area (Å²) in [5.74, 6) is -1.40. The van der Waals surface area contributed by atoms with Crippen LogP contribution in [0.1, 0.15) is 16.2 Å². The number of benzene rings is 1. The van der Waals surface area contributed by atoms with Gasteiger partial charge in [0.2, 0.25) is 11.1 Å². The Bertz CT molecular complexity index is 710. The second-order valence-electron chi connectivity index (χ2n) is 3.77. The number of halogens is 2. The Morgan fingerprint density at radius 3 is 2.47 bits per heavy atom. The van der Waals surface area contributed by atoms with E-state index in [-0.39, 0.29) is 5.02 Å². The van der Waals surface area contributed by atoms with Gasteiger partial charge >= 0.3 is 5.97 Å². The van der Waals surface area contributed by atoms with Crippen LogP contribution in [-0.2, 0) is 0 Å². The molecular formula is C12H8BrClN2O3. The molecule has 0 bridgehead atoms. The van der Waals surface area contributed by atoms with Gasteiger partial charge in [-0.2, -0.15) is 5.10 Å². The number of hydrogen-bond acceptors (Lipinski definition) is 3. The van der Waals surface area contributed by atoms with E-state index in [9.17, 15) is 9.59 Å². The summed E-state index contributed by atoms with van der Waals surface area (Å²) in [6.45, 7) is 1.60. The third-order valence-corrected chi connectivity index (χ3v) is 3.50. The molecule has 0 aliphatic carbocycles. The van der Waals surface area contributed by atoms with Crippen LogP contribution in [0.3, 0.4) is 0 Å². The molecule has 0 unspecified atom stereocenters. The van der Waals surface area contributed by atoms with Crippen molar-refractivity contribution in [1.82, 2.24) is 9.78 Å². The third kappa shape index (κ3) is 2.54. The van der Waals surface area contributed by atoms with Crippen molar-refractivity contribution in [1.29, 1.82) is 0 Å². The monoisotopic (exact) mass is 342 g/mol. The standard InChI is InChI=1S/C12H8BrClN2O3/c1-6-9(14)11(17)10(12(18)19)15-16(6)8-4-2-7(13)3-5-8/h2-5H,1H3,(H,18,19). The Labute approximate surface area is 121 Å². The van der Waals surface area contributed by atoms with Crippen LogP contribution in [0.25, 0.3) is 5.69 Å². The Hall–Kier alpha value is -1.66. The molecule has 5 nitrogen and oxygen atoms in total. The molecule has 19 heavy (non-hydrogen) atoms. The molecule has 1 heterocycles. The number of carboxylic acid groups (broad SMARTS) is 1. The first-order valence-corrected chi connectivity index (χ1v) is 6.37. The summed E-state index contributed by atoms with van der Waals surface area (Å²) in [7, 11) is 0. The summed E-state index contributed by atoms with van der Waals surface area (Å²) in [5.41, 5.74) is -0.373. The maximum atomic E-state index is 11.7. The summed E-state index contributed by atoms with van der Waals surface area (Å²) in [6.07, 6.45) is 0. The van der Waals surface area contributed by atoms with Crippen molar-refractivity contribution in [2.45, 2.75) is 6.92 Å². The van der Waals surface area contributed by atoms with Crippen LogP contribution < -0.4 is 5.43 Å². The molecule has 0 atom stereocenters. The van der Waals surface area contributed by atoms with Crippen molar-refractivity contribution in [3.63, 3.8) is 0 Å². The summed E-state index contributed by atoms with van der Waals surface area (Å²) in [4.78, 5) is 22.7. The van der Waals surface area contributed by atoms with Gasteiger partial charge in [-0.25, -0.2) is 9.48 Å². The molecule has 1 aromatic heterocycles. The number of carboxylic acids is 1. The number of carbonyl (C=O) groups is 1. The number of nitrogens with zero attached hydrogens (tertiary/aromatic N) is 2. The molecule has 0 fully saturated rings. The van der Waals surface area contributed by atoms with Crippen molar-refractivity contribution in [3.05, 3.63) is 55.4 Å².